The second-order valence-electron chi connectivity index (χ2n) is 6.83. The molecule has 28 heavy (non-hydrogen) atoms. The summed E-state index contributed by atoms with van der Waals surface area (Å²) in [7, 11) is 0. The Kier molecular flexibility index (Phi) is 4.45. The van der Waals surface area contributed by atoms with Crippen molar-refractivity contribution in [3.05, 3.63) is 64.4 Å². The van der Waals surface area contributed by atoms with Gasteiger partial charge in [-0.25, -0.2) is 0 Å². The molecule has 0 radical (unpaired) electrons. The predicted molar refractivity (Wildman–Crippen MR) is 101 cm³/mol. The van der Waals surface area contributed by atoms with Crippen LogP contribution < -0.4 is 10.5 Å². The van der Waals surface area contributed by atoms with E-state index in [1.807, 2.05) is 0 Å². The van der Waals surface area contributed by atoms with E-state index < -0.39 is 17.3 Å². The van der Waals surface area contributed by atoms with Gasteiger partial charge in [-0.1, -0.05) is 24.3 Å². The van der Waals surface area contributed by atoms with Crippen molar-refractivity contribution in [2.24, 2.45) is 0 Å². The molecule has 0 unspecified atom stereocenters. The van der Waals surface area contributed by atoms with E-state index in [0.717, 1.165) is 18.9 Å². The molecule has 1 aliphatic heterocycles. The van der Waals surface area contributed by atoms with Gasteiger partial charge in [0.2, 0.25) is 5.91 Å². The van der Waals surface area contributed by atoms with Crippen LogP contribution in [0.2, 0.25) is 0 Å². The highest BCUT2D eigenvalue weighted by atomic mass is 19.4. The Hall–Kier alpha value is -3.09. The summed E-state index contributed by atoms with van der Waals surface area (Å²) in [4.78, 5) is 28.9. The quantitative estimate of drug-likeness (QED) is 0.692. The number of nitrogens with zero attached hydrogens (tertiary/aromatic N) is 1. The zero-order valence-electron chi connectivity index (χ0n) is 14.8. The Labute approximate surface area is 158 Å². The molecule has 0 saturated carbocycles. The highest BCUT2D eigenvalue weighted by Gasteiger charge is 2.33. The van der Waals surface area contributed by atoms with Crippen molar-refractivity contribution in [2.75, 3.05) is 11.4 Å². The number of amides is 1. The highest BCUT2D eigenvalue weighted by molar-refractivity contribution is 5.97. The second kappa shape index (κ2) is 6.82. The van der Waals surface area contributed by atoms with E-state index in [4.69, 9.17) is 0 Å². The average Bonchev–Trinajstić information content (AvgIpc) is 2.67. The van der Waals surface area contributed by atoms with Crippen molar-refractivity contribution in [1.29, 1.82) is 0 Å². The van der Waals surface area contributed by atoms with Crippen molar-refractivity contribution < 1.29 is 18.0 Å². The third kappa shape index (κ3) is 3.28. The van der Waals surface area contributed by atoms with Crippen molar-refractivity contribution in [3.8, 4) is 11.3 Å². The Balaban J connectivity index is 1.82. The third-order valence-electron chi connectivity index (χ3n) is 4.99. The number of benzene rings is 2. The van der Waals surface area contributed by atoms with Gasteiger partial charge in [-0.15, -0.1) is 0 Å². The van der Waals surface area contributed by atoms with Gasteiger partial charge in [0.15, 0.2) is 0 Å². The van der Waals surface area contributed by atoms with E-state index in [9.17, 15) is 22.8 Å². The molecule has 1 saturated heterocycles. The van der Waals surface area contributed by atoms with Gasteiger partial charge in [0.25, 0.3) is 5.56 Å². The summed E-state index contributed by atoms with van der Waals surface area (Å²) in [6.07, 6.45) is -2.30. The number of alkyl halides is 3. The van der Waals surface area contributed by atoms with Gasteiger partial charge in [-0.3, -0.25) is 9.59 Å². The Morgan fingerprint density at radius 3 is 2.50 bits per heavy atom. The average molecular weight is 386 g/mol. The Morgan fingerprint density at radius 1 is 0.964 bits per heavy atom. The second-order valence-corrected chi connectivity index (χ2v) is 6.83. The van der Waals surface area contributed by atoms with Crippen LogP contribution in [-0.2, 0) is 11.0 Å². The molecule has 0 atom stereocenters. The van der Waals surface area contributed by atoms with Crippen molar-refractivity contribution in [1.82, 2.24) is 4.98 Å². The van der Waals surface area contributed by atoms with Crippen molar-refractivity contribution in [2.45, 2.75) is 25.4 Å². The summed E-state index contributed by atoms with van der Waals surface area (Å²) in [5.74, 6) is 0.0118. The smallest absolute Gasteiger partial charge is 0.321 e. The molecule has 144 valence electrons. The fourth-order valence-corrected chi connectivity index (χ4v) is 3.61. The number of rotatable bonds is 2. The first kappa shape index (κ1) is 18.3. The Morgan fingerprint density at radius 2 is 1.75 bits per heavy atom. The van der Waals surface area contributed by atoms with Crippen molar-refractivity contribution in [3.63, 3.8) is 0 Å². The molecule has 1 N–H and O–H groups in total. The van der Waals surface area contributed by atoms with Crippen LogP contribution in [0, 0.1) is 0 Å². The number of carbonyl (C=O) groups excluding carboxylic acids is 1. The van der Waals surface area contributed by atoms with Gasteiger partial charge in [0.05, 0.1) is 5.56 Å². The number of hydrogen-bond donors (Lipinski definition) is 1. The fourth-order valence-electron chi connectivity index (χ4n) is 3.61. The van der Waals surface area contributed by atoms with E-state index in [1.54, 1.807) is 23.1 Å². The SMILES string of the molecule is O=C1CCCCN1c1ccc2cc(-c3ccccc3C(F)(F)F)[nH]c(=O)c2c1. The van der Waals surface area contributed by atoms with Crippen LogP contribution in [0.3, 0.4) is 0 Å². The minimum Gasteiger partial charge on any atom is -0.321 e. The van der Waals surface area contributed by atoms with E-state index in [1.165, 1.54) is 24.3 Å². The van der Waals surface area contributed by atoms with Crippen LogP contribution in [0.5, 0.6) is 0 Å². The lowest BCUT2D eigenvalue weighted by Gasteiger charge is -2.27. The molecule has 0 spiro atoms. The molecule has 1 amide bonds. The Bertz CT molecular complexity index is 1120. The normalized spacial score (nSPS) is 15.2. The highest BCUT2D eigenvalue weighted by Crippen LogP contribution is 2.36. The molecule has 1 aromatic heterocycles. The first-order valence-corrected chi connectivity index (χ1v) is 8.98. The standard InChI is InChI=1S/C21H17F3N2O2/c22-21(23,24)17-6-2-1-5-15(17)18-11-13-8-9-14(12-16(13)20(28)25-18)26-10-4-3-7-19(26)27/h1-2,5-6,8-9,11-12H,3-4,7,10H2,(H,25,28). The number of aromatic amines is 1. The lowest BCUT2D eigenvalue weighted by atomic mass is 10.0. The van der Waals surface area contributed by atoms with E-state index >= 15 is 0 Å². The number of fused-ring (bicyclic) bond motifs is 1. The first-order valence-electron chi connectivity index (χ1n) is 8.98. The monoisotopic (exact) mass is 386 g/mol. The summed E-state index contributed by atoms with van der Waals surface area (Å²) in [6.45, 7) is 0.597. The number of pyridine rings is 1. The maximum absolute atomic E-state index is 13.3. The maximum atomic E-state index is 13.3. The lowest BCUT2D eigenvalue weighted by molar-refractivity contribution is -0.137. The number of anilines is 1. The van der Waals surface area contributed by atoms with Gasteiger partial charge < -0.3 is 9.88 Å². The van der Waals surface area contributed by atoms with E-state index in [0.29, 0.717) is 29.4 Å². The van der Waals surface area contributed by atoms with Gasteiger partial charge in [-0.2, -0.15) is 13.2 Å². The summed E-state index contributed by atoms with van der Waals surface area (Å²) < 4.78 is 39.9. The fraction of sp³-hybridized carbons (Fsp3) is 0.238. The summed E-state index contributed by atoms with van der Waals surface area (Å²) in [6, 6.07) is 11.7. The maximum Gasteiger partial charge on any atom is 0.417 e. The number of hydrogen-bond acceptors (Lipinski definition) is 2. The molecular weight excluding hydrogens is 369 g/mol. The van der Waals surface area contributed by atoms with Crippen LogP contribution in [0.4, 0.5) is 18.9 Å². The number of nitrogens with one attached hydrogen (secondary N) is 1. The lowest BCUT2D eigenvalue weighted by Crippen LogP contribution is -2.35. The van der Waals surface area contributed by atoms with E-state index in [-0.39, 0.29) is 17.2 Å². The number of carbonyl (C=O) groups is 1. The molecule has 4 rings (SSSR count). The molecule has 0 bridgehead atoms. The first-order chi connectivity index (χ1) is 13.3. The van der Waals surface area contributed by atoms with Crippen LogP contribution in [0.1, 0.15) is 24.8 Å². The molecule has 4 nitrogen and oxygen atoms in total. The van der Waals surface area contributed by atoms with Gasteiger partial charge in [0, 0.05) is 35.3 Å². The van der Waals surface area contributed by atoms with Gasteiger partial charge >= 0.3 is 6.18 Å². The van der Waals surface area contributed by atoms with Crippen LogP contribution >= 0.6 is 0 Å². The summed E-state index contributed by atoms with van der Waals surface area (Å²) in [5.41, 5.74) is -0.640. The number of piperidine rings is 1. The molecule has 2 heterocycles. The minimum absolute atomic E-state index is 0.0118. The molecule has 0 aliphatic carbocycles. The summed E-state index contributed by atoms with van der Waals surface area (Å²) >= 11 is 0. The molecule has 7 heteroatoms. The molecule has 1 aliphatic rings. The third-order valence-corrected chi connectivity index (χ3v) is 4.99. The van der Waals surface area contributed by atoms with Crippen LogP contribution in [0.15, 0.2) is 53.3 Å². The molecular formula is C21H17F3N2O2. The number of aromatic nitrogens is 1. The van der Waals surface area contributed by atoms with Crippen molar-refractivity contribution >= 4 is 22.4 Å². The number of H-pyrrole nitrogens is 1. The summed E-state index contributed by atoms with van der Waals surface area (Å²) in [5, 5.41) is 0.855. The zero-order chi connectivity index (χ0) is 19.9. The minimum atomic E-state index is -4.53. The van der Waals surface area contributed by atoms with Gasteiger partial charge in [-0.05, 0) is 42.5 Å². The molecule has 3 aromatic rings. The van der Waals surface area contributed by atoms with Crippen LogP contribution in [-0.4, -0.2) is 17.4 Å². The van der Waals surface area contributed by atoms with E-state index in [2.05, 4.69) is 4.98 Å². The van der Waals surface area contributed by atoms with Gasteiger partial charge in [0.1, 0.15) is 0 Å². The van der Waals surface area contributed by atoms with Crippen LogP contribution in [0.25, 0.3) is 22.0 Å². The predicted octanol–water partition coefficient (Wildman–Crippen LogP) is 4.73. The molecule has 1 fully saturated rings. The largest absolute Gasteiger partial charge is 0.417 e. The zero-order valence-corrected chi connectivity index (χ0v) is 14.8. The molecule has 2 aromatic carbocycles. The number of halogens is 3. The topological polar surface area (TPSA) is 53.2 Å².